The third kappa shape index (κ3) is 1.82. The smallest absolute Gasteiger partial charge is 0.221 e. The minimum atomic E-state index is -0.782. The van der Waals surface area contributed by atoms with E-state index in [1.165, 1.54) is 30.5 Å². The van der Waals surface area contributed by atoms with Gasteiger partial charge in [-0.3, -0.25) is 4.79 Å². The maximum absolute atomic E-state index is 13.5. The lowest BCUT2D eigenvalue weighted by Crippen LogP contribution is -1.95. The summed E-state index contributed by atoms with van der Waals surface area (Å²) >= 11 is 0. The Hall–Kier alpha value is -2.10. The number of hydrogen-bond donors (Lipinski definition) is 0. The van der Waals surface area contributed by atoms with Crippen LogP contribution in [-0.4, -0.2) is 11.3 Å². The molecule has 2 rings (SSSR count). The number of aromatic nitrogens is 1. The van der Waals surface area contributed by atoms with Gasteiger partial charge in [-0.2, -0.15) is 4.39 Å². The molecule has 2 nitrogen and oxygen atoms in total. The number of carbonyl (C=O) groups excluding carboxylic acids is 1. The average Bonchev–Trinajstić information content (AvgIpc) is 2.28. The summed E-state index contributed by atoms with van der Waals surface area (Å²) in [6.07, 6.45) is 1.72. The van der Waals surface area contributed by atoms with Gasteiger partial charge in [-0.25, -0.2) is 9.37 Å². The highest BCUT2D eigenvalue weighted by molar-refractivity contribution is 5.87. The third-order valence-electron chi connectivity index (χ3n) is 2.18. The summed E-state index contributed by atoms with van der Waals surface area (Å²) in [5.74, 6) is -1.27. The molecule has 0 saturated carbocycles. The number of carbonyl (C=O) groups is 1. The predicted molar refractivity (Wildman–Crippen MR) is 55.0 cm³/mol. The fourth-order valence-electron chi connectivity index (χ4n) is 1.48. The van der Waals surface area contributed by atoms with Crippen LogP contribution >= 0.6 is 0 Å². The molecule has 80 valence electrons. The Morgan fingerprint density at radius 2 is 2.00 bits per heavy atom. The second-order valence-electron chi connectivity index (χ2n) is 3.19. The van der Waals surface area contributed by atoms with E-state index >= 15 is 0 Å². The van der Waals surface area contributed by atoms with Gasteiger partial charge in [0.1, 0.15) is 5.82 Å². The summed E-state index contributed by atoms with van der Waals surface area (Å²) in [6, 6.07) is 6.77. The van der Waals surface area contributed by atoms with Crippen LogP contribution in [0.25, 0.3) is 11.1 Å². The van der Waals surface area contributed by atoms with Crippen LogP contribution in [0.4, 0.5) is 8.78 Å². The third-order valence-corrected chi connectivity index (χ3v) is 2.18. The van der Waals surface area contributed by atoms with Gasteiger partial charge in [-0.15, -0.1) is 0 Å². The first-order valence-electron chi connectivity index (χ1n) is 4.58. The Labute approximate surface area is 90.6 Å². The monoisotopic (exact) mass is 219 g/mol. The maximum Gasteiger partial charge on any atom is 0.221 e. The van der Waals surface area contributed by atoms with Gasteiger partial charge >= 0.3 is 0 Å². The van der Waals surface area contributed by atoms with Crippen molar-refractivity contribution in [1.82, 2.24) is 4.98 Å². The summed E-state index contributed by atoms with van der Waals surface area (Å²) in [5.41, 5.74) is 0.475. The van der Waals surface area contributed by atoms with Crippen molar-refractivity contribution in [3.63, 3.8) is 0 Å². The molecule has 2 aromatic rings. The van der Waals surface area contributed by atoms with Crippen molar-refractivity contribution >= 4 is 6.29 Å². The van der Waals surface area contributed by atoms with Gasteiger partial charge < -0.3 is 0 Å². The van der Waals surface area contributed by atoms with Crippen LogP contribution in [0, 0.1) is 11.8 Å². The van der Waals surface area contributed by atoms with Crippen LogP contribution in [0.5, 0.6) is 0 Å². The summed E-state index contributed by atoms with van der Waals surface area (Å²) in [4.78, 5) is 14.2. The fraction of sp³-hybridized carbons (Fsp3) is 0. The lowest BCUT2D eigenvalue weighted by Gasteiger charge is -2.05. The minimum Gasteiger partial charge on any atom is -0.298 e. The van der Waals surface area contributed by atoms with Crippen molar-refractivity contribution in [2.45, 2.75) is 0 Å². The molecule has 1 aromatic carbocycles. The van der Waals surface area contributed by atoms with Gasteiger partial charge in [0, 0.05) is 17.3 Å². The van der Waals surface area contributed by atoms with E-state index in [0.29, 0.717) is 11.8 Å². The highest BCUT2D eigenvalue weighted by atomic mass is 19.1. The number of pyridine rings is 1. The van der Waals surface area contributed by atoms with Gasteiger partial charge in [0.15, 0.2) is 6.29 Å². The second kappa shape index (κ2) is 4.18. The van der Waals surface area contributed by atoms with Gasteiger partial charge in [0.25, 0.3) is 0 Å². The first kappa shape index (κ1) is 10.4. The highest BCUT2D eigenvalue weighted by Gasteiger charge is 2.11. The zero-order chi connectivity index (χ0) is 11.5. The number of hydrogen-bond acceptors (Lipinski definition) is 2. The van der Waals surface area contributed by atoms with Gasteiger partial charge in [-0.05, 0) is 23.8 Å². The lowest BCUT2D eigenvalue weighted by atomic mass is 10.0. The van der Waals surface area contributed by atoms with Crippen LogP contribution in [0.15, 0.2) is 36.5 Å². The number of halogens is 2. The minimum absolute atomic E-state index is 0.0250. The van der Waals surface area contributed by atoms with Crippen molar-refractivity contribution in [3.05, 3.63) is 53.9 Å². The highest BCUT2D eigenvalue weighted by Crippen LogP contribution is 2.25. The summed E-state index contributed by atoms with van der Waals surface area (Å²) < 4.78 is 26.5. The molecule has 0 amide bonds. The molecule has 4 heteroatoms. The molecule has 0 atom stereocenters. The molecule has 0 fully saturated rings. The first-order chi connectivity index (χ1) is 7.72. The van der Waals surface area contributed by atoms with Gasteiger partial charge in [-0.1, -0.05) is 12.1 Å². The van der Waals surface area contributed by atoms with Crippen molar-refractivity contribution in [3.8, 4) is 11.1 Å². The van der Waals surface area contributed by atoms with E-state index in [4.69, 9.17) is 0 Å². The molecule has 0 unspecified atom stereocenters. The van der Waals surface area contributed by atoms with Crippen LogP contribution < -0.4 is 0 Å². The van der Waals surface area contributed by atoms with Crippen molar-refractivity contribution in [2.75, 3.05) is 0 Å². The van der Waals surface area contributed by atoms with Crippen LogP contribution in [-0.2, 0) is 0 Å². The zero-order valence-corrected chi connectivity index (χ0v) is 8.15. The number of aldehydes is 1. The second-order valence-corrected chi connectivity index (χ2v) is 3.19. The van der Waals surface area contributed by atoms with Crippen LogP contribution in [0.1, 0.15) is 10.4 Å². The normalized spacial score (nSPS) is 10.1. The zero-order valence-electron chi connectivity index (χ0n) is 8.15. The van der Waals surface area contributed by atoms with Gasteiger partial charge in [0.2, 0.25) is 5.95 Å². The average molecular weight is 219 g/mol. The molecule has 16 heavy (non-hydrogen) atoms. The molecule has 0 aliphatic rings. The molecular weight excluding hydrogens is 212 g/mol. The van der Waals surface area contributed by atoms with E-state index in [-0.39, 0.29) is 11.1 Å². The number of nitrogens with zero attached hydrogens (tertiary/aromatic N) is 1. The van der Waals surface area contributed by atoms with E-state index in [1.807, 2.05) is 0 Å². The molecule has 1 heterocycles. The Kier molecular flexibility index (Phi) is 2.72. The molecule has 0 radical (unpaired) electrons. The molecule has 0 aliphatic carbocycles. The maximum atomic E-state index is 13.5. The van der Waals surface area contributed by atoms with Crippen molar-refractivity contribution in [1.29, 1.82) is 0 Å². The molecule has 0 bridgehead atoms. The lowest BCUT2D eigenvalue weighted by molar-refractivity contribution is 0.112. The molecule has 0 spiro atoms. The van der Waals surface area contributed by atoms with Gasteiger partial charge in [0.05, 0.1) is 0 Å². The predicted octanol–water partition coefficient (Wildman–Crippen LogP) is 2.84. The van der Waals surface area contributed by atoms with E-state index in [1.54, 1.807) is 0 Å². The number of rotatable bonds is 2. The van der Waals surface area contributed by atoms with E-state index in [9.17, 15) is 13.6 Å². The SMILES string of the molecule is O=Cc1ccnc(F)c1-c1cccc(F)c1. The van der Waals surface area contributed by atoms with E-state index in [2.05, 4.69) is 4.98 Å². The Balaban J connectivity index is 2.67. The summed E-state index contributed by atoms with van der Waals surface area (Å²) in [6.45, 7) is 0. The molecule has 1 aromatic heterocycles. The Morgan fingerprint density at radius 1 is 1.19 bits per heavy atom. The fourth-order valence-corrected chi connectivity index (χ4v) is 1.48. The standard InChI is InChI=1S/C12H7F2NO/c13-10-3-1-2-8(6-10)11-9(7-16)4-5-15-12(11)14/h1-7H. The van der Waals surface area contributed by atoms with Crippen LogP contribution in [0.2, 0.25) is 0 Å². The summed E-state index contributed by atoms with van der Waals surface area (Å²) in [5, 5.41) is 0. The largest absolute Gasteiger partial charge is 0.298 e. The quantitative estimate of drug-likeness (QED) is 0.574. The molecule has 0 N–H and O–H groups in total. The number of benzene rings is 1. The molecule has 0 aliphatic heterocycles. The topological polar surface area (TPSA) is 30.0 Å². The van der Waals surface area contributed by atoms with Crippen LogP contribution in [0.3, 0.4) is 0 Å². The summed E-state index contributed by atoms with van der Waals surface area (Å²) in [7, 11) is 0. The van der Waals surface area contributed by atoms with Crippen molar-refractivity contribution < 1.29 is 13.6 Å². The molecule has 0 saturated heterocycles. The molecular formula is C12H7F2NO. The Bertz CT molecular complexity index is 540. The Morgan fingerprint density at radius 3 is 2.69 bits per heavy atom. The van der Waals surface area contributed by atoms with E-state index in [0.717, 1.165) is 6.07 Å². The first-order valence-corrected chi connectivity index (χ1v) is 4.58. The van der Waals surface area contributed by atoms with Crippen molar-refractivity contribution in [2.24, 2.45) is 0 Å². The van der Waals surface area contributed by atoms with E-state index < -0.39 is 11.8 Å².